The first kappa shape index (κ1) is 12.0. The summed E-state index contributed by atoms with van der Waals surface area (Å²) in [5, 5.41) is 6.95. The SMILES string of the molecule is CCNCCCNCC1(CC)CCC1. The van der Waals surface area contributed by atoms with E-state index in [2.05, 4.69) is 24.5 Å². The molecule has 0 atom stereocenters. The molecule has 0 heterocycles. The van der Waals surface area contributed by atoms with Crippen molar-refractivity contribution in [3.05, 3.63) is 0 Å². The van der Waals surface area contributed by atoms with Crippen LogP contribution in [0.25, 0.3) is 0 Å². The normalized spacial score (nSPS) is 19.3. The standard InChI is InChI=1S/C12H26N2/c1-3-12(7-5-8-12)11-14-10-6-9-13-4-2/h13-14H,3-11H2,1-2H3. The van der Waals surface area contributed by atoms with Crippen LogP contribution in [0.3, 0.4) is 0 Å². The number of rotatable bonds is 8. The van der Waals surface area contributed by atoms with Gasteiger partial charge in [0.05, 0.1) is 0 Å². The molecule has 1 rings (SSSR count). The Bertz CT molecular complexity index is 136. The van der Waals surface area contributed by atoms with Crippen molar-refractivity contribution < 1.29 is 0 Å². The van der Waals surface area contributed by atoms with E-state index in [4.69, 9.17) is 0 Å². The number of hydrogen-bond acceptors (Lipinski definition) is 2. The van der Waals surface area contributed by atoms with Crippen LogP contribution in [0.1, 0.15) is 46.0 Å². The van der Waals surface area contributed by atoms with Gasteiger partial charge in [-0.15, -0.1) is 0 Å². The first-order valence-corrected chi connectivity index (χ1v) is 6.24. The zero-order chi connectivity index (χ0) is 10.3. The quantitative estimate of drug-likeness (QED) is 0.584. The van der Waals surface area contributed by atoms with Crippen molar-refractivity contribution in [1.29, 1.82) is 0 Å². The molecule has 2 N–H and O–H groups in total. The minimum absolute atomic E-state index is 0.679. The van der Waals surface area contributed by atoms with Crippen LogP contribution in [0, 0.1) is 5.41 Å². The Morgan fingerprint density at radius 1 is 1.07 bits per heavy atom. The lowest BCUT2D eigenvalue weighted by atomic mass is 9.67. The van der Waals surface area contributed by atoms with E-state index in [0.29, 0.717) is 5.41 Å². The van der Waals surface area contributed by atoms with E-state index in [1.165, 1.54) is 45.2 Å². The number of hydrogen-bond donors (Lipinski definition) is 2. The van der Waals surface area contributed by atoms with Crippen LogP contribution in [0.15, 0.2) is 0 Å². The molecule has 0 amide bonds. The second kappa shape index (κ2) is 6.41. The highest BCUT2D eigenvalue weighted by molar-refractivity contribution is 4.88. The third-order valence-corrected chi connectivity index (χ3v) is 3.62. The summed E-state index contributed by atoms with van der Waals surface area (Å²) in [5.41, 5.74) is 0.679. The Hall–Kier alpha value is -0.0800. The van der Waals surface area contributed by atoms with Gasteiger partial charge in [0.15, 0.2) is 0 Å². The molecule has 0 aromatic heterocycles. The molecule has 14 heavy (non-hydrogen) atoms. The van der Waals surface area contributed by atoms with Crippen molar-refractivity contribution in [2.24, 2.45) is 5.41 Å². The maximum atomic E-state index is 3.60. The van der Waals surface area contributed by atoms with Gasteiger partial charge in [0, 0.05) is 6.54 Å². The lowest BCUT2D eigenvalue weighted by molar-refractivity contribution is 0.124. The Labute approximate surface area is 88.8 Å². The molecule has 84 valence electrons. The van der Waals surface area contributed by atoms with Gasteiger partial charge in [0.2, 0.25) is 0 Å². The molecule has 0 aromatic carbocycles. The van der Waals surface area contributed by atoms with Crippen LogP contribution in [0.4, 0.5) is 0 Å². The first-order valence-electron chi connectivity index (χ1n) is 6.24. The minimum Gasteiger partial charge on any atom is -0.317 e. The van der Waals surface area contributed by atoms with E-state index in [9.17, 15) is 0 Å². The summed E-state index contributed by atoms with van der Waals surface area (Å²) < 4.78 is 0. The summed E-state index contributed by atoms with van der Waals surface area (Å²) in [4.78, 5) is 0. The summed E-state index contributed by atoms with van der Waals surface area (Å²) >= 11 is 0. The largest absolute Gasteiger partial charge is 0.317 e. The van der Waals surface area contributed by atoms with Gasteiger partial charge in [-0.3, -0.25) is 0 Å². The van der Waals surface area contributed by atoms with Crippen molar-refractivity contribution in [3.8, 4) is 0 Å². The van der Waals surface area contributed by atoms with Crippen LogP contribution in [-0.4, -0.2) is 26.2 Å². The molecule has 0 unspecified atom stereocenters. The average Bonchev–Trinajstić information content (AvgIpc) is 2.15. The molecule has 0 saturated heterocycles. The monoisotopic (exact) mass is 198 g/mol. The fraction of sp³-hybridized carbons (Fsp3) is 1.00. The van der Waals surface area contributed by atoms with Gasteiger partial charge in [-0.25, -0.2) is 0 Å². The van der Waals surface area contributed by atoms with Gasteiger partial charge in [0.1, 0.15) is 0 Å². The topological polar surface area (TPSA) is 24.1 Å². The van der Waals surface area contributed by atoms with Gasteiger partial charge < -0.3 is 10.6 Å². The zero-order valence-corrected chi connectivity index (χ0v) is 9.86. The van der Waals surface area contributed by atoms with E-state index in [0.717, 1.165) is 13.1 Å². The summed E-state index contributed by atoms with van der Waals surface area (Å²) in [6.07, 6.45) is 6.96. The van der Waals surface area contributed by atoms with Gasteiger partial charge in [-0.05, 0) is 50.7 Å². The van der Waals surface area contributed by atoms with Crippen molar-refractivity contribution >= 4 is 0 Å². The molecule has 1 aliphatic carbocycles. The molecule has 1 saturated carbocycles. The molecule has 2 heteroatoms. The zero-order valence-electron chi connectivity index (χ0n) is 9.86. The van der Waals surface area contributed by atoms with Crippen molar-refractivity contribution in [2.75, 3.05) is 26.2 Å². The second-order valence-corrected chi connectivity index (χ2v) is 4.59. The molecule has 0 bridgehead atoms. The fourth-order valence-electron chi connectivity index (χ4n) is 2.20. The average molecular weight is 198 g/mol. The summed E-state index contributed by atoms with van der Waals surface area (Å²) in [6.45, 7) is 9.17. The van der Waals surface area contributed by atoms with Crippen molar-refractivity contribution in [1.82, 2.24) is 10.6 Å². The van der Waals surface area contributed by atoms with E-state index in [1.807, 2.05) is 0 Å². The summed E-state index contributed by atoms with van der Waals surface area (Å²) in [6, 6.07) is 0. The highest BCUT2D eigenvalue weighted by atomic mass is 14.9. The third kappa shape index (κ3) is 3.58. The Kier molecular flexibility index (Phi) is 5.49. The maximum Gasteiger partial charge on any atom is 0.000771 e. The molecule has 0 aromatic rings. The van der Waals surface area contributed by atoms with Gasteiger partial charge in [-0.1, -0.05) is 20.3 Å². The molecule has 1 fully saturated rings. The van der Waals surface area contributed by atoms with Gasteiger partial charge in [-0.2, -0.15) is 0 Å². The molecular formula is C12H26N2. The lowest BCUT2D eigenvalue weighted by Gasteiger charge is -2.41. The summed E-state index contributed by atoms with van der Waals surface area (Å²) in [5.74, 6) is 0. The molecule has 0 aliphatic heterocycles. The maximum absolute atomic E-state index is 3.60. The first-order chi connectivity index (χ1) is 6.83. The highest BCUT2D eigenvalue weighted by Gasteiger charge is 2.34. The smallest absolute Gasteiger partial charge is 0.000771 e. The van der Waals surface area contributed by atoms with Crippen LogP contribution in [0.2, 0.25) is 0 Å². The third-order valence-electron chi connectivity index (χ3n) is 3.62. The minimum atomic E-state index is 0.679. The van der Waals surface area contributed by atoms with E-state index in [1.54, 1.807) is 0 Å². The predicted molar refractivity (Wildman–Crippen MR) is 62.6 cm³/mol. The molecular weight excluding hydrogens is 172 g/mol. The fourth-order valence-corrected chi connectivity index (χ4v) is 2.20. The molecule has 0 spiro atoms. The lowest BCUT2D eigenvalue weighted by Crippen LogP contribution is -2.40. The van der Waals surface area contributed by atoms with E-state index < -0.39 is 0 Å². The van der Waals surface area contributed by atoms with Crippen LogP contribution >= 0.6 is 0 Å². The number of nitrogens with one attached hydrogen (secondary N) is 2. The Balaban J connectivity index is 1.92. The molecule has 0 radical (unpaired) electrons. The predicted octanol–water partition coefficient (Wildman–Crippen LogP) is 2.16. The second-order valence-electron chi connectivity index (χ2n) is 4.59. The summed E-state index contributed by atoms with van der Waals surface area (Å²) in [7, 11) is 0. The van der Waals surface area contributed by atoms with Gasteiger partial charge in [0.25, 0.3) is 0 Å². The highest BCUT2D eigenvalue weighted by Crippen LogP contribution is 2.42. The Morgan fingerprint density at radius 2 is 1.79 bits per heavy atom. The molecule has 2 nitrogen and oxygen atoms in total. The Morgan fingerprint density at radius 3 is 2.29 bits per heavy atom. The van der Waals surface area contributed by atoms with Crippen LogP contribution in [0.5, 0.6) is 0 Å². The molecule has 1 aliphatic rings. The van der Waals surface area contributed by atoms with Crippen molar-refractivity contribution in [2.45, 2.75) is 46.0 Å². The van der Waals surface area contributed by atoms with Gasteiger partial charge >= 0.3 is 0 Å². The van der Waals surface area contributed by atoms with Crippen LogP contribution in [-0.2, 0) is 0 Å². The van der Waals surface area contributed by atoms with Crippen LogP contribution < -0.4 is 10.6 Å². The van der Waals surface area contributed by atoms with E-state index >= 15 is 0 Å². The van der Waals surface area contributed by atoms with E-state index in [-0.39, 0.29) is 0 Å². The van der Waals surface area contributed by atoms with Crippen molar-refractivity contribution in [3.63, 3.8) is 0 Å².